The maximum atomic E-state index is 12.4. The van der Waals surface area contributed by atoms with Crippen LogP contribution in [0.5, 0.6) is 0 Å². The molecule has 10 nitrogen and oxygen atoms in total. The average molecular weight is 416 g/mol. The molecule has 0 unspecified atom stereocenters. The van der Waals surface area contributed by atoms with Crippen LogP contribution in [0.15, 0.2) is 0 Å². The predicted molar refractivity (Wildman–Crippen MR) is 97.3 cm³/mol. The number of hydrogen-bond acceptors (Lipinski definition) is 8. The normalized spacial score (nSPS) is 12.1. The van der Waals surface area contributed by atoms with E-state index in [1.165, 1.54) is 27.7 Å². The molecule has 0 amide bonds. The summed E-state index contributed by atoms with van der Waals surface area (Å²) in [6.07, 6.45) is -0.601. The minimum atomic E-state index is -2.16. The van der Waals surface area contributed by atoms with Crippen LogP contribution >= 0.6 is 0 Å². The molecule has 0 spiro atoms. The molecule has 0 aliphatic carbocycles. The van der Waals surface area contributed by atoms with Gasteiger partial charge in [0.15, 0.2) is 16.2 Å². The SMILES string of the molecule is CCC(CC)(C(=O)O)C(=O)OC(=O)C(C)(C)C(=O)OC(=O)C(CC)(CC)C(=O)O. The number of carboxylic acid groups (broad SMARTS) is 2. The van der Waals surface area contributed by atoms with E-state index in [4.69, 9.17) is 0 Å². The maximum Gasteiger partial charge on any atom is 0.331 e. The van der Waals surface area contributed by atoms with E-state index in [1.807, 2.05) is 0 Å². The van der Waals surface area contributed by atoms with Gasteiger partial charge in [-0.1, -0.05) is 27.7 Å². The first-order chi connectivity index (χ1) is 13.2. The molecule has 0 bridgehead atoms. The van der Waals surface area contributed by atoms with Crippen LogP contribution in [0.4, 0.5) is 0 Å². The summed E-state index contributed by atoms with van der Waals surface area (Å²) in [5.41, 5.74) is -6.09. The van der Waals surface area contributed by atoms with Gasteiger partial charge >= 0.3 is 35.8 Å². The molecule has 0 rings (SSSR count). The van der Waals surface area contributed by atoms with E-state index in [-0.39, 0.29) is 25.7 Å². The first-order valence-electron chi connectivity index (χ1n) is 9.23. The highest BCUT2D eigenvalue weighted by Crippen LogP contribution is 2.32. The van der Waals surface area contributed by atoms with Gasteiger partial charge in [-0.05, 0) is 39.5 Å². The molecule has 164 valence electrons. The van der Waals surface area contributed by atoms with Gasteiger partial charge in [-0.2, -0.15) is 0 Å². The Bertz CT molecular complexity index is 638. The summed E-state index contributed by atoms with van der Waals surface area (Å²) in [5.74, 6) is -8.46. The van der Waals surface area contributed by atoms with E-state index in [0.29, 0.717) is 0 Å². The van der Waals surface area contributed by atoms with Crippen molar-refractivity contribution in [2.24, 2.45) is 16.2 Å². The molecule has 0 radical (unpaired) electrons. The van der Waals surface area contributed by atoms with Gasteiger partial charge < -0.3 is 19.7 Å². The Morgan fingerprint density at radius 1 is 0.586 bits per heavy atom. The Balaban J connectivity index is 5.58. The summed E-state index contributed by atoms with van der Waals surface area (Å²) in [7, 11) is 0. The molecule has 0 aromatic heterocycles. The molecule has 0 atom stereocenters. The van der Waals surface area contributed by atoms with Crippen molar-refractivity contribution in [3.05, 3.63) is 0 Å². The minimum absolute atomic E-state index is 0.150. The zero-order chi connectivity index (χ0) is 23.2. The predicted octanol–water partition coefficient (Wildman–Crippen LogP) is 1.93. The van der Waals surface area contributed by atoms with E-state index < -0.39 is 52.1 Å². The minimum Gasteiger partial charge on any atom is -0.480 e. The number of carbonyl (C=O) groups excluding carboxylic acids is 4. The molecule has 0 heterocycles. The largest absolute Gasteiger partial charge is 0.480 e. The van der Waals surface area contributed by atoms with Gasteiger partial charge in [0.2, 0.25) is 0 Å². The smallest absolute Gasteiger partial charge is 0.331 e. The summed E-state index contributed by atoms with van der Waals surface area (Å²) >= 11 is 0. The van der Waals surface area contributed by atoms with Crippen molar-refractivity contribution < 1.29 is 48.5 Å². The summed E-state index contributed by atoms with van der Waals surface area (Å²) in [6, 6.07) is 0. The van der Waals surface area contributed by atoms with Crippen LogP contribution in [-0.4, -0.2) is 46.0 Å². The first kappa shape index (κ1) is 26.2. The van der Waals surface area contributed by atoms with Gasteiger partial charge in [0, 0.05) is 0 Å². The highest BCUT2D eigenvalue weighted by Gasteiger charge is 2.51. The lowest BCUT2D eigenvalue weighted by Gasteiger charge is -2.27. The van der Waals surface area contributed by atoms with Crippen molar-refractivity contribution >= 4 is 35.8 Å². The molecule has 10 heteroatoms. The topological polar surface area (TPSA) is 161 Å². The molecule has 0 aliphatic heterocycles. The number of aliphatic carboxylic acids is 2. The Morgan fingerprint density at radius 3 is 1.00 bits per heavy atom. The number of carbonyl (C=O) groups is 6. The van der Waals surface area contributed by atoms with Gasteiger partial charge in [0.1, 0.15) is 0 Å². The molecular formula is C19H28O10. The Morgan fingerprint density at radius 2 is 0.828 bits per heavy atom. The monoisotopic (exact) mass is 416 g/mol. The quantitative estimate of drug-likeness (QED) is 0.397. The summed E-state index contributed by atoms with van der Waals surface area (Å²) in [4.78, 5) is 72.2. The van der Waals surface area contributed by atoms with Crippen LogP contribution in [-0.2, 0) is 38.2 Å². The zero-order valence-electron chi connectivity index (χ0n) is 17.5. The lowest BCUT2D eigenvalue weighted by molar-refractivity contribution is -0.185. The molecule has 29 heavy (non-hydrogen) atoms. The first-order valence-corrected chi connectivity index (χ1v) is 9.23. The standard InChI is InChI=1S/C19H28O10/c1-7-18(8-2,11(20)21)15(26)28-13(24)17(5,6)14(25)29-16(27)19(9-3,10-4)12(22)23/h7-10H2,1-6H3,(H,20,21)(H,22,23). The molecule has 0 saturated heterocycles. The van der Waals surface area contributed by atoms with Crippen LogP contribution in [0.1, 0.15) is 67.2 Å². The second-order valence-corrected chi connectivity index (χ2v) is 7.17. The van der Waals surface area contributed by atoms with E-state index in [0.717, 1.165) is 13.8 Å². The third-order valence-corrected chi connectivity index (χ3v) is 5.41. The van der Waals surface area contributed by atoms with Crippen molar-refractivity contribution in [2.75, 3.05) is 0 Å². The molecular weight excluding hydrogens is 388 g/mol. The Kier molecular flexibility index (Phi) is 8.70. The molecule has 0 saturated carbocycles. The second kappa shape index (κ2) is 9.62. The lowest BCUT2D eigenvalue weighted by atomic mass is 9.82. The summed E-state index contributed by atoms with van der Waals surface area (Å²) in [6.45, 7) is 7.76. The van der Waals surface area contributed by atoms with Crippen LogP contribution in [0, 0.1) is 16.2 Å². The highest BCUT2D eigenvalue weighted by molar-refractivity contribution is 6.10. The maximum absolute atomic E-state index is 12.4. The third kappa shape index (κ3) is 4.80. The highest BCUT2D eigenvalue weighted by atomic mass is 16.6. The fourth-order valence-corrected chi connectivity index (χ4v) is 2.56. The number of hydrogen-bond donors (Lipinski definition) is 2. The van der Waals surface area contributed by atoms with Gasteiger partial charge in [-0.25, -0.2) is 0 Å². The van der Waals surface area contributed by atoms with E-state index >= 15 is 0 Å². The van der Waals surface area contributed by atoms with Crippen LogP contribution in [0.2, 0.25) is 0 Å². The van der Waals surface area contributed by atoms with E-state index in [2.05, 4.69) is 9.47 Å². The number of rotatable bonds is 10. The fraction of sp³-hybridized carbons (Fsp3) is 0.684. The van der Waals surface area contributed by atoms with Crippen molar-refractivity contribution in [3.63, 3.8) is 0 Å². The fourth-order valence-electron chi connectivity index (χ4n) is 2.56. The second-order valence-electron chi connectivity index (χ2n) is 7.17. The van der Waals surface area contributed by atoms with Crippen molar-refractivity contribution in [2.45, 2.75) is 67.2 Å². The van der Waals surface area contributed by atoms with E-state index in [9.17, 15) is 39.0 Å². The van der Waals surface area contributed by atoms with Crippen LogP contribution < -0.4 is 0 Å². The van der Waals surface area contributed by atoms with Crippen molar-refractivity contribution in [3.8, 4) is 0 Å². The molecule has 0 aromatic carbocycles. The third-order valence-electron chi connectivity index (χ3n) is 5.41. The van der Waals surface area contributed by atoms with Gasteiger partial charge in [0.05, 0.1) is 0 Å². The Labute approximate surface area is 168 Å². The Hall–Kier alpha value is -2.78. The molecule has 0 fully saturated rings. The number of esters is 4. The molecule has 2 N–H and O–H groups in total. The number of carboxylic acids is 2. The number of ether oxygens (including phenoxy) is 2. The van der Waals surface area contributed by atoms with Crippen LogP contribution in [0.25, 0.3) is 0 Å². The summed E-state index contributed by atoms with van der Waals surface area (Å²) in [5, 5.41) is 18.7. The van der Waals surface area contributed by atoms with Crippen LogP contribution in [0.3, 0.4) is 0 Å². The average Bonchev–Trinajstić information content (AvgIpc) is 2.63. The zero-order valence-corrected chi connectivity index (χ0v) is 17.5. The van der Waals surface area contributed by atoms with Crippen molar-refractivity contribution in [1.29, 1.82) is 0 Å². The summed E-state index contributed by atoms with van der Waals surface area (Å²) < 4.78 is 9.25. The van der Waals surface area contributed by atoms with Gasteiger partial charge in [-0.15, -0.1) is 0 Å². The van der Waals surface area contributed by atoms with E-state index in [1.54, 1.807) is 0 Å². The van der Waals surface area contributed by atoms with Crippen molar-refractivity contribution in [1.82, 2.24) is 0 Å². The lowest BCUT2D eigenvalue weighted by Crippen LogP contribution is -2.47. The molecule has 0 aliphatic rings. The van der Waals surface area contributed by atoms with Gasteiger partial charge in [-0.3, -0.25) is 28.8 Å². The van der Waals surface area contributed by atoms with Gasteiger partial charge in [0.25, 0.3) is 0 Å². The molecule has 0 aromatic rings.